The average Bonchev–Trinajstić information content (AvgIpc) is 3.21. The number of nitrogens with zero attached hydrogens (tertiary/aromatic N) is 3. The minimum atomic E-state index is -0.142. The van der Waals surface area contributed by atoms with Gasteiger partial charge in [0.15, 0.2) is 0 Å². The van der Waals surface area contributed by atoms with E-state index in [0.29, 0.717) is 12.1 Å². The van der Waals surface area contributed by atoms with Gasteiger partial charge < -0.3 is 9.73 Å². The lowest BCUT2D eigenvalue weighted by Crippen LogP contribution is -2.37. The van der Waals surface area contributed by atoms with Gasteiger partial charge in [0.1, 0.15) is 5.76 Å². The van der Waals surface area contributed by atoms with Crippen molar-refractivity contribution in [1.82, 2.24) is 20.0 Å². The fourth-order valence-corrected chi connectivity index (χ4v) is 2.65. The van der Waals surface area contributed by atoms with Crippen molar-refractivity contribution in [3.05, 3.63) is 42.1 Å². The number of amides is 1. The molecule has 2 heterocycles. The summed E-state index contributed by atoms with van der Waals surface area (Å²) in [5.74, 6) is 0.749. The van der Waals surface area contributed by atoms with Crippen molar-refractivity contribution in [2.75, 3.05) is 19.6 Å². The van der Waals surface area contributed by atoms with Gasteiger partial charge in [0.25, 0.3) is 5.91 Å². The van der Waals surface area contributed by atoms with Crippen molar-refractivity contribution in [2.24, 2.45) is 0 Å². The fraction of sp³-hybridized carbons (Fsp3) is 0.556. The van der Waals surface area contributed by atoms with Crippen LogP contribution in [0.3, 0.4) is 0 Å². The van der Waals surface area contributed by atoms with Crippen molar-refractivity contribution in [3.63, 3.8) is 0 Å². The van der Waals surface area contributed by atoms with Gasteiger partial charge >= 0.3 is 0 Å². The molecule has 0 saturated heterocycles. The first-order chi connectivity index (χ1) is 11.4. The second-order valence-electron chi connectivity index (χ2n) is 6.81. The standard InChI is InChI=1S/C18H28N4O2/c1-6-21(7-2)15(16-9-8-10-24-16)12-19-17(23)14-11-20-22(13-14)18(3,4)5/h8-11,13,15H,6-7,12H2,1-5H3,(H,19,23)/t15-/m0/s1. The zero-order valence-electron chi connectivity index (χ0n) is 15.2. The van der Waals surface area contributed by atoms with Crippen LogP contribution in [0.2, 0.25) is 0 Å². The van der Waals surface area contributed by atoms with E-state index in [2.05, 4.69) is 49.9 Å². The van der Waals surface area contributed by atoms with Crippen molar-refractivity contribution >= 4 is 5.91 Å². The van der Waals surface area contributed by atoms with E-state index in [4.69, 9.17) is 4.42 Å². The van der Waals surface area contributed by atoms with E-state index in [9.17, 15) is 4.79 Å². The van der Waals surface area contributed by atoms with Gasteiger partial charge in [0.2, 0.25) is 0 Å². The molecule has 24 heavy (non-hydrogen) atoms. The van der Waals surface area contributed by atoms with Gasteiger partial charge in [-0.1, -0.05) is 13.8 Å². The second kappa shape index (κ2) is 7.66. The van der Waals surface area contributed by atoms with E-state index >= 15 is 0 Å². The highest BCUT2D eigenvalue weighted by molar-refractivity contribution is 5.93. The summed E-state index contributed by atoms with van der Waals surface area (Å²) in [5, 5.41) is 7.29. The summed E-state index contributed by atoms with van der Waals surface area (Å²) in [7, 11) is 0. The van der Waals surface area contributed by atoms with Crippen LogP contribution in [0.25, 0.3) is 0 Å². The highest BCUT2D eigenvalue weighted by atomic mass is 16.3. The third kappa shape index (κ3) is 4.26. The molecule has 0 aliphatic heterocycles. The number of hydrogen-bond donors (Lipinski definition) is 1. The zero-order valence-corrected chi connectivity index (χ0v) is 15.2. The number of furan rings is 1. The first-order valence-electron chi connectivity index (χ1n) is 8.47. The van der Waals surface area contributed by atoms with Crippen LogP contribution in [0.5, 0.6) is 0 Å². The molecule has 0 saturated carbocycles. The molecular formula is C18H28N4O2. The van der Waals surface area contributed by atoms with Crippen LogP contribution >= 0.6 is 0 Å². The van der Waals surface area contributed by atoms with Crippen molar-refractivity contribution in [1.29, 1.82) is 0 Å². The lowest BCUT2D eigenvalue weighted by atomic mass is 10.1. The van der Waals surface area contributed by atoms with Gasteiger partial charge in [0, 0.05) is 12.7 Å². The van der Waals surface area contributed by atoms with Gasteiger partial charge in [-0.2, -0.15) is 5.10 Å². The Labute approximate surface area is 143 Å². The minimum absolute atomic E-state index is 0.0246. The molecular weight excluding hydrogens is 304 g/mol. The molecule has 0 bridgehead atoms. The van der Waals surface area contributed by atoms with Crippen molar-refractivity contribution in [2.45, 2.75) is 46.2 Å². The summed E-state index contributed by atoms with van der Waals surface area (Å²) in [6, 6.07) is 3.85. The molecule has 0 aliphatic rings. The SMILES string of the molecule is CCN(CC)[C@@H](CNC(=O)c1cnn(C(C)(C)C)c1)c1ccco1. The summed E-state index contributed by atoms with van der Waals surface area (Å²) in [6.45, 7) is 12.6. The third-order valence-corrected chi connectivity index (χ3v) is 4.11. The largest absolute Gasteiger partial charge is 0.468 e. The van der Waals surface area contributed by atoms with Crippen LogP contribution in [0.4, 0.5) is 0 Å². The van der Waals surface area contributed by atoms with Gasteiger partial charge in [-0.05, 0) is 46.0 Å². The predicted molar refractivity (Wildman–Crippen MR) is 93.9 cm³/mol. The van der Waals surface area contributed by atoms with Crippen LogP contribution in [0.1, 0.15) is 56.8 Å². The van der Waals surface area contributed by atoms with Gasteiger partial charge in [-0.15, -0.1) is 0 Å². The summed E-state index contributed by atoms with van der Waals surface area (Å²) in [4.78, 5) is 14.7. The van der Waals surface area contributed by atoms with Crippen LogP contribution in [-0.4, -0.2) is 40.2 Å². The van der Waals surface area contributed by atoms with Crippen LogP contribution in [0.15, 0.2) is 35.2 Å². The molecule has 2 aromatic rings. The smallest absolute Gasteiger partial charge is 0.254 e. The number of aromatic nitrogens is 2. The molecule has 132 valence electrons. The van der Waals surface area contributed by atoms with E-state index in [-0.39, 0.29) is 17.5 Å². The van der Waals surface area contributed by atoms with E-state index in [1.54, 1.807) is 23.3 Å². The van der Waals surface area contributed by atoms with Gasteiger partial charge in [-0.3, -0.25) is 14.4 Å². The molecule has 6 heteroatoms. The molecule has 2 aromatic heterocycles. The lowest BCUT2D eigenvalue weighted by Gasteiger charge is -2.28. The molecule has 1 atom stereocenters. The van der Waals surface area contributed by atoms with Crippen LogP contribution in [0, 0.1) is 0 Å². The third-order valence-electron chi connectivity index (χ3n) is 4.11. The number of carbonyl (C=O) groups is 1. The Kier molecular flexibility index (Phi) is 5.83. The Balaban J connectivity index is 2.06. The molecule has 6 nitrogen and oxygen atoms in total. The molecule has 0 fully saturated rings. The maximum atomic E-state index is 12.4. The van der Waals surface area contributed by atoms with Crippen LogP contribution < -0.4 is 5.32 Å². The maximum Gasteiger partial charge on any atom is 0.254 e. The summed E-state index contributed by atoms with van der Waals surface area (Å²) in [5.41, 5.74) is 0.430. The number of likely N-dealkylation sites (N-methyl/N-ethyl adjacent to an activating group) is 1. The molecule has 2 rings (SSSR count). The zero-order chi connectivity index (χ0) is 17.7. The Morgan fingerprint density at radius 2 is 2.08 bits per heavy atom. The Hall–Kier alpha value is -2.08. The molecule has 0 aromatic carbocycles. The minimum Gasteiger partial charge on any atom is -0.468 e. The maximum absolute atomic E-state index is 12.4. The van der Waals surface area contributed by atoms with Crippen LogP contribution in [-0.2, 0) is 5.54 Å². The molecule has 0 radical (unpaired) electrons. The number of hydrogen-bond acceptors (Lipinski definition) is 4. The average molecular weight is 332 g/mol. The first-order valence-corrected chi connectivity index (χ1v) is 8.47. The fourth-order valence-electron chi connectivity index (χ4n) is 2.65. The Bertz CT molecular complexity index is 636. The Morgan fingerprint density at radius 3 is 2.58 bits per heavy atom. The van der Waals surface area contributed by atoms with Gasteiger partial charge in [0.05, 0.1) is 29.6 Å². The number of rotatable bonds is 7. The van der Waals surface area contributed by atoms with E-state index in [0.717, 1.165) is 18.8 Å². The number of nitrogens with one attached hydrogen (secondary N) is 1. The molecule has 1 N–H and O–H groups in total. The second-order valence-corrected chi connectivity index (χ2v) is 6.81. The predicted octanol–water partition coefficient (Wildman–Crippen LogP) is 3.04. The molecule has 0 aliphatic carbocycles. The quantitative estimate of drug-likeness (QED) is 0.846. The first kappa shape index (κ1) is 18.3. The van der Waals surface area contributed by atoms with Gasteiger partial charge in [-0.25, -0.2) is 0 Å². The topological polar surface area (TPSA) is 63.3 Å². The monoisotopic (exact) mass is 332 g/mol. The Morgan fingerprint density at radius 1 is 1.38 bits per heavy atom. The molecule has 0 spiro atoms. The highest BCUT2D eigenvalue weighted by Crippen LogP contribution is 2.20. The summed E-state index contributed by atoms with van der Waals surface area (Å²) in [6.07, 6.45) is 5.07. The summed E-state index contributed by atoms with van der Waals surface area (Å²) < 4.78 is 7.36. The molecule has 1 amide bonds. The number of carbonyl (C=O) groups excluding carboxylic acids is 1. The highest BCUT2D eigenvalue weighted by Gasteiger charge is 2.22. The molecule has 0 unspecified atom stereocenters. The van der Waals surface area contributed by atoms with E-state index in [1.807, 2.05) is 12.1 Å². The van der Waals surface area contributed by atoms with Crippen molar-refractivity contribution < 1.29 is 9.21 Å². The van der Waals surface area contributed by atoms with E-state index < -0.39 is 0 Å². The summed E-state index contributed by atoms with van der Waals surface area (Å²) >= 11 is 0. The van der Waals surface area contributed by atoms with Crippen molar-refractivity contribution in [3.8, 4) is 0 Å². The normalized spacial score (nSPS) is 13.2. The lowest BCUT2D eigenvalue weighted by molar-refractivity contribution is 0.0929. The van der Waals surface area contributed by atoms with E-state index in [1.165, 1.54) is 0 Å².